The molecule has 0 aliphatic rings. The Bertz CT molecular complexity index is 287. The molecule has 0 saturated heterocycles. The van der Waals surface area contributed by atoms with Crippen LogP contribution >= 0.6 is 0 Å². The van der Waals surface area contributed by atoms with E-state index in [1.54, 1.807) is 0 Å². The van der Waals surface area contributed by atoms with Gasteiger partial charge in [0.15, 0.2) is 0 Å². The average Bonchev–Trinajstić information content (AvgIpc) is 2.10. The zero-order chi connectivity index (χ0) is 17.2. The molecule has 0 spiro atoms. The van der Waals surface area contributed by atoms with E-state index in [2.05, 4.69) is 0 Å². The van der Waals surface area contributed by atoms with E-state index in [9.17, 15) is 62.3 Å². The largest absolute Gasteiger partial charge is 0.459 e. The summed E-state index contributed by atoms with van der Waals surface area (Å²) in [5.74, 6) is -7.36. The number of alkyl halides is 12. The van der Waals surface area contributed by atoms with Gasteiger partial charge in [0, 0.05) is 0 Å². The monoisotopic (exact) mass is 350 g/mol. The standard InChI is InChI=1S/2C3F6O.H2O/c2*4-2(5,6)1(10)3(7,8)9;/h;;1H2. The summed E-state index contributed by atoms with van der Waals surface area (Å²) >= 11 is 0. The molecule has 15 heteroatoms. The first-order valence-corrected chi connectivity index (χ1v) is 3.68. The number of hydrogen-bond acceptors (Lipinski definition) is 2. The molecular weight excluding hydrogens is 348 g/mol. The van der Waals surface area contributed by atoms with Crippen molar-refractivity contribution in [1.29, 1.82) is 0 Å². The highest BCUT2D eigenvalue weighted by Crippen LogP contribution is 2.28. The third-order valence-electron chi connectivity index (χ3n) is 1.03. The Morgan fingerprint density at radius 2 is 0.524 bits per heavy atom. The van der Waals surface area contributed by atoms with E-state index in [1.807, 2.05) is 0 Å². The molecule has 21 heavy (non-hydrogen) atoms. The summed E-state index contributed by atoms with van der Waals surface area (Å²) in [7, 11) is 0. The van der Waals surface area contributed by atoms with Crippen molar-refractivity contribution in [3.05, 3.63) is 0 Å². The Morgan fingerprint density at radius 3 is 0.524 bits per heavy atom. The van der Waals surface area contributed by atoms with Gasteiger partial charge in [-0.25, -0.2) is 0 Å². The maximum atomic E-state index is 10.9. The van der Waals surface area contributed by atoms with Crippen molar-refractivity contribution in [2.24, 2.45) is 0 Å². The summed E-state index contributed by atoms with van der Waals surface area (Å²) < 4.78 is 131. The summed E-state index contributed by atoms with van der Waals surface area (Å²) in [5.41, 5.74) is 0. The number of Topliss-reactive ketones (excluding diaryl/α,β-unsaturated/α-hetero) is 2. The van der Waals surface area contributed by atoms with Crippen LogP contribution < -0.4 is 0 Å². The second-order valence-electron chi connectivity index (χ2n) is 2.65. The zero-order valence-electron chi connectivity index (χ0n) is 8.85. The fourth-order valence-electron chi connectivity index (χ4n) is 0.321. The molecule has 0 amide bonds. The normalized spacial score (nSPS) is 12.8. The molecule has 0 aromatic carbocycles. The highest BCUT2D eigenvalue weighted by Gasteiger charge is 2.56. The van der Waals surface area contributed by atoms with Gasteiger partial charge in [-0.05, 0) is 0 Å². The van der Waals surface area contributed by atoms with E-state index < -0.39 is 36.3 Å². The Kier molecular flexibility index (Phi) is 8.10. The second-order valence-corrected chi connectivity index (χ2v) is 2.65. The van der Waals surface area contributed by atoms with Gasteiger partial charge in [-0.1, -0.05) is 0 Å². The Morgan fingerprint density at radius 1 is 0.429 bits per heavy atom. The molecule has 0 radical (unpaired) electrons. The van der Waals surface area contributed by atoms with Crippen molar-refractivity contribution in [3.63, 3.8) is 0 Å². The van der Waals surface area contributed by atoms with Crippen LogP contribution in [0.1, 0.15) is 0 Å². The van der Waals surface area contributed by atoms with Crippen LogP contribution in [0.5, 0.6) is 0 Å². The van der Waals surface area contributed by atoms with Gasteiger partial charge in [0.25, 0.3) is 0 Å². The van der Waals surface area contributed by atoms with Gasteiger partial charge in [-0.2, -0.15) is 52.7 Å². The van der Waals surface area contributed by atoms with Gasteiger partial charge in [-0.3, -0.25) is 9.59 Å². The van der Waals surface area contributed by atoms with Gasteiger partial charge >= 0.3 is 36.3 Å². The van der Waals surface area contributed by atoms with Crippen LogP contribution in [0.25, 0.3) is 0 Å². The number of carbonyl (C=O) groups excluding carboxylic acids is 2. The smallest absolute Gasteiger partial charge is 0.412 e. The number of rotatable bonds is 0. The Hall–Kier alpha value is -1.54. The highest BCUT2D eigenvalue weighted by atomic mass is 19.4. The molecule has 128 valence electrons. The molecule has 0 fully saturated rings. The van der Waals surface area contributed by atoms with Gasteiger partial charge in [-0.15, -0.1) is 0 Å². The number of carbonyl (C=O) groups is 2. The fourth-order valence-corrected chi connectivity index (χ4v) is 0.321. The first-order valence-electron chi connectivity index (χ1n) is 3.68. The molecule has 0 unspecified atom stereocenters. The quantitative estimate of drug-likeness (QED) is 0.631. The van der Waals surface area contributed by atoms with E-state index in [1.165, 1.54) is 0 Å². The second kappa shape index (κ2) is 6.95. The molecule has 0 rings (SSSR count). The minimum absolute atomic E-state index is 0. The van der Waals surface area contributed by atoms with E-state index in [0.717, 1.165) is 0 Å². The fraction of sp³-hybridized carbons (Fsp3) is 0.667. The van der Waals surface area contributed by atoms with E-state index >= 15 is 0 Å². The Labute approximate surface area is 105 Å². The van der Waals surface area contributed by atoms with Gasteiger partial charge < -0.3 is 5.48 Å². The molecule has 0 bridgehead atoms. The minimum atomic E-state index is -5.82. The van der Waals surface area contributed by atoms with Crippen LogP contribution in [0.2, 0.25) is 0 Å². The minimum Gasteiger partial charge on any atom is -0.412 e. The number of hydrogen-bond donors (Lipinski definition) is 0. The lowest BCUT2D eigenvalue weighted by molar-refractivity contribution is -0.217. The first kappa shape index (κ1) is 24.5. The SMILES string of the molecule is O.O=C(C(F)(F)F)C(F)(F)F.O=C(C(F)(F)F)C(F)(F)F. The zero-order valence-corrected chi connectivity index (χ0v) is 8.85. The lowest BCUT2D eigenvalue weighted by Crippen LogP contribution is -2.36. The summed E-state index contributed by atoms with van der Waals surface area (Å²) in [4.78, 5) is 18.5. The van der Waals surface area contributed by atoms with Crippen LogP contribution in [-0.2, 0) is 9.59 Å². The third-order valence-corrected chi connectivity index (χ3v) is 1.03. The third kappa shape index (κ3) is 9.91. The summed E-state index contributed by atoms with van der Waals surface area (Å²) in [6.45, 7) is 0. The first-order chi connectivity index (χ1) is 8.31. The molecule has 0 aliphatic carbocycles. The lowest BCUT2D eigenvalue weighted by atomic mass is 10.4. The van der Waals surface area contributed by atoms with Crippen molar-refractivity contribution in [3.8, 4) is 0 Å². The molecule has 0 atom stereocenters. The van der Waals surface area contributed by atoms with Gasteiger partial charge in [0.05, 0.1) is 0 Å². The van der Waals surface area contributed by atoms with Crippen LogP contribution in [0.4, 0.5) is 52.7 Å². The van der Waals surface area contributed by atoms with Crippen molar-refractivity contribution >= 4 is 11.6 Å². The van der Waals surface area contributed by atoms with Crippen LogP contribution in [0.3, 0.4) is 0 Å². The maximum absolute atomic E-state index is 10.9. The molecule has 0 aromatic heterocycles. The summed E-state index contributed by atoms with van der Waals surface area (Å²) in [6, 6.07) is 0. The molecule has 0 aromatic rings. The number of halogens is 12. The Balaban J connectivity index is -0.000000295. The van der Waals surface area contributed by atoms with Gasteiger partial charge in [0.2, 0.25) is 0 Å². The summed E-state index contributed by atoms with van der Waals surface area (Å²) in [6.07, 6.45) is -23.3. The van der Waals surface area contributed by atoms with Crippen molar-refractivity contribution in [1.82, 2.24) is 0 Å². The van der Waals surface area contributed by atoms with E-state index in [-0.39, 0.29) is 5.48 Å². The molecule has 2 N–H and O–H groups in total. The lowest BCUT2D eigenvalue weighted by Gasteiger charge is -2.06. The molecule has 0 aliphatic heterocycles. The van der Waals surface area contributed by atoms with Crippen molar-refractivity contribution in [2.75, 3.05) is 0 Å². The van der Waals surface area contributed by atoms with Crippen LogP contribution in [-0.4, -0.2) is 41.7 Å². The topological polar surface area (TPSA) is 65.6 Å². The van der Waals surface area contributed by atoms with Crippen molar-refractivity contribution in [2.45, 2.75) is 24.7 Å². The van der Waals surface area contributed by atoms with Crippen LogP contribution in [0.15, 0.2) is 0 Å². The highest BCUT2D eigenvalue weighted by molar-refractivity contribution is 5.89. The van der Waals surface area contributed by atoms with Gasteiger partial charge in [0.1, 0.15) is 0 Å². The van der Waals surface area contributed by atoms with Crippen molar-refractivity contribution < 1.29 is 67.8 Å². The maximum Gasteiger partial charge on any atom is 0.459 e. The molecule has 0 saturated carbocycles. The predicted molar refractivity (Wildman–Crippen MR) is 37.8 cm³/mol. The predicted octanol–water partition coefficient (Wildman–Crippen LogP) is 2.54. The molecular formula is C6H2F12O3. The number of ketones is 2. The molecule has 3 nitrogen and oxygen atoms in total. The van der Waals surface area contributed by atoms with E-state index in [0.29, 0.717) is 0 Å². The average molecular weight is 350 g/mol. The van der Waals surface area contributed by atoms with Crippen LogP contribution in [0, 0.1) is 0 Å². The summed E-state index contributed by atoms with van der Waals surface area (Å²) in [5, 5.41) is 0. The van der Waals surface area contributed by atoms with E-state index in [4.69, 9.17) is 0 Å². The molecule has 0 heterocycles.